The summed E-state index contributed by atoms with van der Waals surface area (Å²) in [7, 11) is 0. The van der Waals surface area contributed by atoms with Crippen LogP contribution in [0.25, 0.3) is 10.2 Å². The first-order valence-corrected chi connectivity index (χ1v) is 12.7. The monoisotopic (exact) mass is 435 g/mol. The molecular weight excluding hydrogens is 402 g/mol. The third-order valence-electron chi connectivity index (χ3n) is 5.22. The van der Waals surface area contributed by atoms with Crippen molar-refractivity contribution in [3.05, 3.63) is 16.8 Å². The molecule has 1 N–H and O–H groups in total. The average Bonchev–Trinajstić information content (AvgIpc) is 3.08. The first-order chi connectivity index (χ1) is 14.2. The molecule has 0 aliphatic carbocycles. The minimum Gasteiger partial charge on any atom is -0.353 e. The largest absolute Gasteiger partial charge is 0.353 e. The van der Waals surface area contributed by atoms with Gasteiger partial charge in [0.05, 0.1) is 10.3 Å². The van der Waals surface area contributed by atoms with E-state index in [4.69, 9.17) is 0 Å². The van der Waals surface area contributed by atoms with Crippen LogP contribution in [0.1, 0.15) is 48.3 Å². The molecule has 0 saturated carbocycles. The number of thioether (sulfide) groups is 1. The lowest BCUT2D eigenvalue weighted by Gasteiger charge is -2.35. The molecule has 1 aliphatic heterocycles. The Hall–Kier alpha value is -1.38. The van der Waals surface area contributed by atoms with Crippen LogP contribution < -0.4 is 10.2 Å². The highest BCUT2D eigenvalue weighted by Crippen LogP contribution is 2.35. The third kappa shape index (κ3) is 5.61. The van der Waals surface area contributed by atoms with Gasteiger partial charge in [-0.1, -0.05) is 13.8 Å². The van der Waals surface area contributed by atoms with Crippen molar-refractivity contribution in [2.45, 2.75) is 40.0 Å². The van der Waals surface area contributed by atoms with Gasteiger partial charge in [0.25, 0.3) is 5.91 Å². The Morgan fingerprint density at radius 2 is 1.97 bits per heavy atom. The molecule has 0 radical (unpaired) electrons. The molecule has 3 heterocycles. The number of rotatable bonds is 10. The van der Waals surface area contributed by atoms with Gasteiger partial charge in [0.1, 0.15) is 17.0 Å². The van der Waals surface area contributed by atoms with Crippen molar-refractivity contribution < 1.29 is 4.79 Å². The smallest absolute Gasteiger partial charge is 0.261 e. The molecule has 0 atom stereocenters. The summed E-state index contributed by atoms with van der Waals surface area (Å²) < 4.78 is 0. The first-order valence-electron chi connectivity index (χ1n) is 10.7. The van der Waals surface area contributed by atoms with Crippen LogP contribution in [0.4, 0.5) is 5.82 Å². The van der Waals surface area contributed by atoms with Gasteiger partial charge in [0.2, 0.25) is 0 Å². The molecule has 29 heavy (non-hydrogen) atoms. The Balaban J connectivity index is 1.68. The molecule has 0 aromatic carbocycles. The number of piperazine rings is 1. The maximum Gasteiger partial charge on any atom is 0.261 e. The van der Waals surface area contributed by atoms with Crippen LogP contribution in [0, 0.1) is 6.92 Å². The van der Waals surface area contributed by atoms with Crippen LogP contribution in [0.5, 0.6) is 0 Å². The number of hydrogen-bond acceptors (Lipinski definition) is 7. The van der Waals surface area contributed by atoms with E-state index >= 15 is 0 Å². The Bertz CT molecular complexity index is 802. The van der Waals surface area contributed by atoms with Crippen LogP contribution in [-0.2, 0) is 0 Å². The second-order valence-electron chi connectivity index (χ2n) is 7.48. The molecule has 160 valence electrons. The highest BCUT2D eigenvalue weighted by atomic mass is 32.2. The Kier molecular flexibility index (Phi) is 8.56. The van der Waals surface area contributed by atoms with E-state index in [0.29, 0.717) is 0 Å². The van der Waals surface area contributed by atoms with E-state index in [1.807, 2.05) is 18.7 Å². The van der Waals surface area contributed by atoms with Gasteiger partial charge in [-0.2, -0.15) is 11.8 Å². The van der Waals surface area contributed by atoms with Crippen molar-refractivity contribution in [2.24, 2.45) is 0 Å². The number of carbonyl (C=O) groups excluding carboxylic acids is 1. The third-order valence-corrected chi connectivity index (χ3v) is 7.70. The second kappa shape index (κ2) is 11.1. The summed E-state index contributed by atoms with van der Waals surface area (Å²) in [6.07, 6.45) is 5.04. The summed E-state index contributed by atoms with van der Waals surface area (Å²) in [6.45, 7) is 12.4. The predicted molar refractivity (Wildman–Crippen MR) is 126 cm³/mol. The van der Waals surface area contributed by atoms with Gasteiger partial charge in [-0.3, -0.25) is 9.69 Å². The average molecular weight is 436 g/mol. The summed E-state index contributed by atoms with van der Waals surface area (Å²) >= 11 is 3.44. The Morgan fingerprint density at radius 3 is 2.69 bits per heavy atom. The van der Waals surface area contributed by atoms with Gasteiger partial charge in [-0.15, -0.1) is 11.3 Å². The topological polar surface area (TPSA) is 61.4 Å². The maximum absolute atomic E-state index is 12.8. The van der Waals surface area contributed by atoms with Crippen molar-refractivity contribution in [3.63, 3.8) is 0 Å². The van der Waals surface area contributed by atoms with E-state index < -0.39 is 0 Å². The molecule has 1 aliphatic rings. The number of amides is 1. The molecule has 3 rings (SSSR count). The van der Waals surface area contributed by atoms with Crippen molar-refractivity contribution in [1.29, 1.82) is 0 Å². The van der Waals surface area contributed by atoms with Crippen LogP contribution in [0.2, 0.25) is 0 Å². The number of nitrogens with zero attached hydrogens (tertiary/aromatic N) is 4. The zero-order valence-corrected chi connectivity index (χ0v) is 19.5. The standard InChI is InChI=1S/C21H33N5OS2/c1-4-8-25-9-11-26(12-10-25)19-17-16(3)18(29-21(17)24-15-23-19)20(27)22-7-6-14-28-13-5-2/h15H,4-14H2,1-3H3,(H,22,27). The number of thiophene rings is 1. The molecule has 0 unspecified atom stereocenters. The zero-order valence-electron chi connectivity index (χ0n) is 17.9. The van der Waals surface area contributed by atoms with Crippen molar-refractivity contribution in [1.82, 2.24) is 20.2 Å². The van der Waals surface area contributed by atoms with Gasteiger partial charge in [-0.25, -0.2) is 9.97 Å². The molecule has 0 bridgehead atoms. The highest BCUT2D eigenvalue weighted by Gasteiger charge is 2.24. The summed E-state index contributed by atoms with van der Waals surface area (Å²) in [5.41, 5.74) is 1.01. The van der Waals surface area contributed by atoms with Crippen LogP contribution in [0.3, 0.4) is 0 Å². The van der Waals surface area contributed by atoms with Crippen LogP contribution >= 0.6 is 23.1 Å². The lowest BCUT2D eigenvalue weighted by atomic mass is 10.1. The van der Waals surface area contributed by atoms with Gasteiger partial charge in [0.15, 0.2) is 0 Å². The van der Waals surface area contributed by atoms with Gasteiger partial charge in [0, 0.05) is 32.7 Å². The summed E-state index contributed by atoms with van der Waals surface area (Å²) in [5.74, 6) is 3.29. The van der Waals surface area contributed by atoms with Crippen LogP contribution in [0.15, 0.2) is 6.33 Å². The lowest BCUT2D eigenvalue weighted by Crippen LogP contribution is -2.46. The number of nitrogens with one attached hydrogen (secondary N) is 1. The fourth-order valence-electron chi connectivity index (χ4n) is 3.71. The number of anilines is 1. The van der Waals surface area contributed by atoms with Gasteiger partial charge < -0.3 is 10.2 Å². The summed E-state index contributed by atoms with van der Waals surface area (Å²) in [5, 5.41) is 4.13. The van der Waals surface area contributed by atoms with Crippen molar-refractivity contribution in [2.75, 3.05) is 55.7 Å². The molecule has 0 spiro atoms. The first kappa shape index (κ1) is 22.3. The second-order valence-corrected chi connectivity index (χ2v) is 9.71. The molecule has 8 heteroatoms. The predicted octanol–water partition coefficient (Wildman–Crippen LogP) is 3.79. The minimum absolute atomic E-state index is 0.0182. The lowest BCUT2D eigenvalue weighted by molar-refractivity contribution is 0.0957. The van der Waals surface area contributed by atoms with E-state index in [1.54, 1.807) is 6.33 Å². The number of hydrogen-bond donors (Lipinski definition) is 1. The van der Waals surface area contributed by atoms with E-state index in [0.717, 1.165) is 77.9 Å². The fraction of sp³-hybridized carbons (Fsp3) is 0.667. The van der Waals surface area contributed by atoms with E-state index in [1.165, 1.54) is 29.9 Å². The molecule has 2 aromatic heterocycles. The minimum atomic E-state index is 0.0182. The zero-order chi connectivity index (χ0) is 20.6. The Morgan fingerprint density at radius 1 is 1.17 bits per heavy atom. The van der Waals surface area contributed by atoms with E-state index in [9.17, 15) is 4.79 Å². The molecule has 2 aromatic rings. The molecule has 1 saturated heterocycles. The van der Waals surface area contributed by atoms with Gasteiger partial charge >= 0.3 is 0 Å². The fourth-order valence-corrected chi connectivity index (χ4v) is 5.61. The van der Waals surface area contributed by atoms with Crippen molar-refractivity contribution in [3.8, 4) is 0 Å². The molecule has 1 amide bonds. The number of carbonyl (C=O) groups is 1. The van der Waals surface area contributed by atoms with E-state index in [-0.39, 0.29) is 5.91 Å². The number of fused-ring (bicyclic) bond motifs is 1. The summed E-state index contributed by atoms with van der Waals surface area (Å²) in [6, 6.07) is 0. The van der Waals surface area contributed by atoms with Gasteiger partial charge in [-0.05, 0) is 49.8 Å². The Labute approximate surface area is 182 Å². The van der Waals surface area contributed by atoms with Crippen LogP contribution in [-0.4, -0.2) is 71.5 Å². The highest BCUT2D eigenvalue weighted by molar-refractivity contribution is 7.99. The van der Waals surface area contributed by atoms with E-state index in [2.05, 4.69) is 38.9 Å². The quantitative estimate of drug-likeness (QED) is 0.573. The number of aromatic nitrogens is 2. The van der Waals surface area contributed by atoms with Crippen molar-refractivity contribution >= 4 is 45.0 Å². The molecule has 1 fully saturated rings. The molecule has 6 nitrogen and oxygen atoms in total. The SMILES string of the molecule is CCCSCCCNC(=O)c1sc2ncnc(N3CCN(CCC)CC3)c2c1C. The summed E-state index contributed by atoms with van der Waals surface area (Å²) in [4.78, 5) is 28.4. The maximum atomic E-state index is 12.8. The normalized spacial score (nSPS) is 15.2. The molecular formula is C21H33N5OS2. The number of aryl methyl sites for hydroxylation is 1.